The van der Waals surface area contributed by atoms with Crippen LogP contribution in [0.1, 0.15) is 34.9 Å². The zero-order valence-electron chi connectivity index (χ0n) is 24.6. The van der Waals surface area contributed by atoms with E-state index >= 15 is 0 Å². The van der Waals surface area contributed by atoms with Gasteiger partial charge in [0.05, 0.1) is 46.4 Å². The normalized spacial score (nSPS) is 12.4. The first-order chi connectivity index (χ1) is 22.2. The molecule has 0 bridgehead atoms. The van der Waals surface area contributed by atoms with Gasteiger partial charge in [-0.25, -0.2) is 32.2 Å². The number of halogens is 2. The number of thiazole rings is 1. The molecule has 0 spiro atoms. The molecule has 6 aromatic rings. The molecule has 0 aliphatic carbocycles. The van der Waals surface area contributed by atoms with Crippen molar-refractivity contribution in [2.45, 2.75) is 37.8 Å². The lowest BCUT2D eigenvalue weighted by Crippen LogP contribution is -2.23. The Kier molecular flexibility index (Phi) is 9.11. The van der Waals surface area contributed by atoms with Gasteiger partial charge in [0.2, 0.25) is 15.0 Å². The molecule has 0 aliphatic rings. The van der Waals surface area contributed by atoms with Gasteiger partial charge < -0.3 is 9.30 Å². The zero-order valence-corrected chi connectivity index (χ0v) is 26.3. The Morgan fingerprint density at radius 3 is 2.52 bits per heavy atom. The van der Waals surface area contributed by atoms with Gasteiger partial charge in [-0.05, 0) is 54.8 Å². The maximum absolute atomic E-state index is 14.9. The van der Waals surface area contributed by atoms with Crippen molar-refractivity contribution in [1.29, 1.82) is 0 Å². The standard InChI is InChI=1S/C34H28F2N4O4S2/c1-22-15-29(26-17-28(36)33(41)40(19-26)18-23-11-12-32-30(16-23)37-21-45-32)39-34(38-22)46(42,43)14-13-31(24-7-3-2-4-8-24)44-20-25-9-5-6-10-27(25)35/h2-12,15-17,19,21,31H,13-14,18,20H2,1H3. The van der Waals surface area contributed by atoms with Crippen molar-refractivity contribution >= 4 is 31.4 Å². The van der Waals surface area contributed by atoms with Crippen molar-refractivity contribution in [2.24, 2.45) is 0 Å². The molecule has 234 valence electrons. The second-order valence-corrected chi connectivity index (χ2v) is 13.6. The first-order valence-electron chi connectivity index (χ1n) is 14.4. The number of ether oxygens (including phenoxy) is 1. The molecule has 46 heavy (non-hydrogen) atoms. The van der Waals surface area contributed by atoms with E-state index in [9.17, 15) is 22.0 Å². The molecule has 0 N–H and O–H groups in total. The van der Waals surface area contributed by atoms with Gasteiger partial charge in [-0.3, -0.25) is 4.79 Å². The first-order valence-corrected chi connectivity index (χ1v) is 16.9. The summed E-state index contributed by atoms with van der Waals surface area (Å²) in [5.41, 5.74) is 4.28. The number of pyridine rings is 1. The van der Waals surface area contributed by atoms with E-state index in [0.29, 0.717) is 11.3 Å². The van der Waals surface area contributed by atoms with Crippen LogP contribution < -0.4 is 5.56 Å². The molecule has 0 saturated heterocycles. The summed E-state index contributed by atoms with van der Waals surface area (Å²) >= 11 is 1.49. The fraction of sp³-hybridized carbons (Fsp3) is 0.176. The lowest BCUT2D eigenvalue weighted by molar-refractivity contribution is 0.0361. The summed E-state index contributed by atoms with van der Waals surface area (Å²) in [6.45, 7) is 1.65. The van der Waals surface area contributed by atoms with Gasteiger partial charge in [0, 0.05) is 23.0 Å². The van der Waals surface area contributed by atoms with Gasteiger partial charge >= 0.3 is 0 Å². The van der Waals surface area contributed by atoms with Crippen LogP contribution in [0.2, 0.25) is 0 Å². The minimum Gasteiger partial charge on any atom is -0.369 e. The van der Waals surface area contributed by atoms with E-state index in [-0.39, 0.29) is 36.6 Å². The Bertz CT molecular complexity index is 2190. The fourth-order valence-corrected chi connectivity index (χ4v) is 6.94. The molecule has 0 radical (unpaired) electrons. The number of benzene rings is 3. The number of hydrogen-bond donors (Lipinski definition) is 0. The van der Waals surface area contributed by atoms with Gasteiger partial charge in [0.25, 0.3) is 5.56 Å². The number of hydrogen-bond acceptors (Lipinski definition) is 8. The van der Waals surface area contributed by atoms with Crippen LogP contribution >= 0.6 is 11.3 Å². The zero-order chi connectivity index (χ0) is 32.3. The van der Waals surface area contributed by atoms with E-state index in [2.05, 4.69) is 15.0 Å². The second kappa shape index (κ2) is 13.4. The van der Waals surface area contributed by atoms with Crippen molar-refractivity contribution in [3.8, 4) is 11.3 Å². The summed E-state index contributed by atoms with van der Waals surface area (Å²) in [5, 5.41) is -0.421. The average Bonchev–Trinajstić information content (AvgIpc) is 3.52. The molecule has 3 aromatic heterocycles. The monoisotopic (exact) mass is 658 g/mol. The van der Waals surface area contributed by atoms with Crippen molar-refractivity contribution in [3.63, 3.8) is 0 Å². The topological polar surface area (TPSA) is 104 Å². The Morgan fingerprint density at radius 1 is 0.935 bits per heavy atom. The van der Waals surface area contributed by atoms with Gasteiger partial charge in [-0.2, -0.15) is 0 Å². The molecule has 0 fully saturated rings. The molecular formula is C34H28F2N4O4S2. The molecule has 1 unspecified atom stereocenters. The molecule has 3 heterocycles. The predicted molar refractivity (Wildman–Crippen MR) is 172 cm³/mol. The largest absolute Gasteiger partial charge is 0.369 e. The molecule has 0 aliphatic heterocycles. The Hall–Kier alpha value is -4.65. The van der Waals surface area contributed by atoms with Crippen LogP contribution in [0.4, 0.5) is 8.78 Å². The van der Waals surface area contributed by atoms with Crippen molar-refractivity contribution in [2.75, 3.05) is 5.75 Å². The van der Waals surface area contributed by atoms with Gasteiger partial charge in [0.1, 0.15) is 5.82 Å². The first kappa shape index (κ1) is 31.3. The third-order valence-corrected chi connectivity index (χ3v) is 9.74. The van der Waals surface area contributed by atoms with E-state index in [1.54, 1.807) is 30.6 Å². The van der Waals surface area contributed by atoms with Gasteiger partial charge in [-0.1, -0.05) is 54.6 Å². The Labute approximate surface area is 267 Å². The highest BCUT2D eigenvalue weighted by Crippen LogP contribution is 2.27. The maximum Gasteiger partial charge on any atom is 0.286 e. The molecule has 6 rings (SSSR count). The average molecular weight is 659 g/mol. The maximum atomic E-state index is 14.9. The predicted octanol–water partition coefficient (Wildman–Crippen LogP) is 6.67. The molecule has 0 saturated carbocycles. The minimum atomic E-state index is -4.04. The van der Waals surface area contributed by atoms with E-state index < -0.39 is 38.3 Å². The minimum absolute atomic E-state index is 0.0454. The van der Waals surface area contributed by atoms with Crippen molar-refractivity contribution in [3.05, 3.63) is 141 Å². The molecule has 12 heteroatoms. The van der Waals surface area contributed by atoms with Gasteiger partial charge in [-0.15, -0.1) is 11.3 Å². The summed E-state index contributed by atoms with van der Waals surface area (Å²) in [7, 11) is -4.04. The highest BCUT2D eigenvalue weighted by Gasteiger charge is 2.24. The molecular weight excluding hydrogens is 631 g/mol. The van der Waals surface area contributed by atoms with Crippen LogP contribution in [0.25, 0.3) is 21.5 Å². The quantitative estimate of drug-likeness (QED) is 0.143. The SMILES string of the molecule is Cc1cc(-c2cc(F)c(=O)n(Cc3ccc4scnc4c3)c2)nc(S(=O)(=O)CCC(OCc2ccccc2F)c2ccccc2)n1. The summed E-state index contributed by atoms with van der Waals surface area (Å²) < 4.78 is 64.5. The van der Waals surface area contributed by atoms with E-state index in [0.717, 1.165) is 27.4 Å². The third kappa shape index (κ3) is 7.09. The van der Waals surface area contributed by atoms with Crippen LogP contribution in [0.5, 0.6) is 0 Å². The lowest BCUT2D eigenvalue weighted by Gasteiger charge is -2.19. The summed E-state index contributed by atoms with van der Waals surface area (Å²) in [5.74, 6) is -1.77. The van der Waals surface area contributed by atoms with Crippen LogP contribution in [0.3, 0.4) is 0 Å². The Morgan fingerprint density at radius 2 is 1.72 bits per heavy atom. The molecule has 1 atom stereocenters. The van der Waals surface area contributed by atoms with Crippen LogP contribution in [0, 0.1) is 18.6 Å². The summed E-state index contributed by atoms with van der Waals surface area (Å²) in [4.78, 5) is 25.5. The van der Waals surface area contributed by atoms with E-state index in [1.165, 1.54) is 34.2 Å². The second-order valence-electron chi connectivity index (χ2n) is 10.8. The van der Waals surface area contributed by atoms with Crippen LogP contribution in [-0.2, 0) is 27.7 Å². The number of nitrogens with zero attached hydrogens (tertiary/aromatic N) is 4. The van der Waals surface area contributed by atoms with Crippen LogP contribution in [0.15, 0.2) is 107 Å². The molecule has 3 aromatic carbocycles. The highest BCUT2D eigenvalue weighted by molar-refractivity contribution is 7.91. The number of aromatic nitrogens is 4. The number of fused-ring (bicyclic) bond motifs is 1. The highest BCUT2D eigenvalue weighted by atomic mass is 32.2. The van der Waals surface area contributed by atoms with Gasteiger partial charge in [0.15, 0.2) is 5.82 Å². The lowest BCUT2D eigenvalue weighted by atomic mass is 10.1. The Balaban J connectivity index is 1.25. The summed E-state index contributed by atoms with van der Waals surface area (Å²) in [6.07, 6.45) is 0.855. The fourth-order valence-electron chi connectivity index (χ4n) is 5.06. The van der Waals surface area contributed by atoms with E-state index in [4.69, 9.17) is 4.74 Å². The van der Waals surface area contributed by atoms with E-state index in [1.807, 2.05) is 48.5 Å². The third-order valence-electron chi connectivity index (χ3n) is 7.42. The molecule has 0 amide bonds. The van der Waals surface area contributed by atoms with Crippen LogP contribution in [-0.4, -0.2) is 33.7 Å². The molecule has 8 nitrogen and oxygen atoms in total. The number of rotatable bonds is 11. The number of sulfone groups is 1. The smallest absolute Gasteiger partial charge is 0.286 e. The van der Waals surface area contributed by atoms with Crippen molar-refractivity contribution in [1.82, 2.24) is 19.5 Å². The number of aryl methyl sites for hydroxylation is 1. The summed E-state index contributed by atoms with van der Waals surface area (Å²) in [6, 6.07) is 23.5. The van der Waals surface area contributed by atoms with Crippen molar-refractivity contribution < 1.29 is 21.9 Å².